The fraction of sp³-hybridized carbons (Fsp3) is 0.118. The van der Waals surface area contributed by atoms with Crippen molar-refractivity contribution in [3.05, 3.63) is 64.8 Å². The van der Waals surface area contributed by atoms with Crippen molar-refractivity contribution in [2.45, 2.75) is 6.61 Å². The zero-order chi connectivity index (χ0) is 14.7. The van der Waals surface area contributed by atoms with Gasteiger partial charge in [-0.15, -0.1) is 0 Å². The van der Waals surface area contributed by atoms with E-state index >= 15 is 0 Å². The molecule has 0 aliphatic rings. The van der Waals surface area contributed by atoms with Crippen molar-refractivity contribution in [1.29, 1.82) is 0 Å². The standard InChI is InChI=1S/C17H14BrNO2/c1-20-13-7-8-15(18)12(10-13)11-21-17-6-2-5-16-14(17)4-3-9-19-16/h2-10H,11H2,1H3. The summed E-state index contributed by atoms with van der Waals surface area (Å²) in [6.07, 6.45) is 1.78. The van der Waals surface area contributed by atoms with Crippen LogP contribution in [-0.2, 0) is 6.61 Å². The van der Waals surface area contributed by atoms with E-state index in [4.69, 9.17) is 9.47 Å². The number of aromatic nitrogens is 1. The highest BCUT2D eigenvalue weighted by Crippen LogP contribution is 2.27. The number of fused-ring (bicyclic) bond motifs is 1. The van der Waals surface area contributed by atoms with Crippen molar-refractivity contribution in [1.82, 2.24) is 4.98 Å². The molecule has 1 heterocycles. The van der Waals surface area contributed by atoms with Gasteiger partial charge in [0, 0.05) is 21.6 Å². The number of methoxy groups -OCH3 is 1. The van der Waals surface area contributed by atoms with Crippen LogP contribution in [0.3, 0.4) is 0 Å². The third-order valence-electron chi connectivity index (χ3n) is 3.24. The lowest BCUT2D eigenvalue weighted by Gasteiger charge is -2.11. The molecule has 0 N–H and O–H groups in total. The molecule has 2 aromatic carbocycles. The number of halogens is 1. The van der Waals surface area contributed by atoms with Crippen LogP contribution < -0.4 is 9.47 Å². The molecule has 0 fully saturated rings. The minimum Gasteiger partial charge on any atom is -0.497 e. The predicted molar refractivity (Wildman–Crippen MR) is 86.8 cm³/mol. The van der Waals surface area contributed by atoms with Crippen molar-refractivity contribution < 1.29 is 9.47 Å². The van der Waals surface area contributed by atoms with E-state index < -0.39 is 0 Å². The second-order valence-corrected chi connectivity index (χ2v) is 5.43. The molecule has 0 aliphatic heterocycles. The Balaban J connectivity index is 1.87. The summed E-state index contributed by atoms with van der Waals surface area (Å²) in [4.78, 5) is 4.33. The number of ether oxygens (including phenoxy) is 2. The van der Waals surface area contributed by atoms with Gasteiger partial charge in [0.2, 0.25) is 0 Å². The maximum atomic E-state index is 5.96. The molecule has 0 unspecified atom stereocenters. The van der Waals surface area contributed by atoms with E-state index in [1.54, 1.807) is 13.3 Å². The maximum Gasteiger partial charge on any atom is 0.129 e. The molecule has 1 aromatic heterocycles. The summed E-state index contributed by atoms with van der Waals surface area (Å²) in [6, 6.07) is 15.6. The average molecular weight is 344 g/mol. The van der Waals surface area contributed by atoms with Crippen molar-refractivity contribution in [2.24, 2.45) is 0 Å². The van der Waals surface area contributed by atoms with Gasteiger partial charge in [0.05, 0.1) is 12.6 Å². The van der Waals surface area contributed by atoms with Crippen molar-refractivity contribution in [3.63, 3.8) is 0 Å². The van der Waals surface area contributed by atoms with Crippen LogP contribution in [0.2, 0.25) is 0 Å². The lowest BCUT2D eigenvalue weighted by molar-refractivity contribution is 0.308. The van der Waals surface area contributed by atoms with E-state index in [-0.39, 0.29) is 0 Å². The van der Waals surface area contributed by atoms with Gasteiger partial charge < -0.3 is 9.47 Å². The summed E-state index contributed by atoms with van der Waals surface area (Å²) in [5, 5.41) is 1.01. The number of rotatable bonds is 4. The molecular weight excluding hydrogens is 330 g/mol. The van der Waals surface area contributed by atoms with Crippen LogP contribution in [0.4, 0.5) is 0 Å². The molecule has 0 amide bonds. The first-order valence-corrected chi connectivity index (χ1v) is 7.36. The first kappa shape index (κ1) is 13.9. The highest BCUT2D eigenvalue weighted by atomic mass is 79.9. The largest absolute Gasteiger partial charge is 0.497 e. The molecule has 0 saturated heterocycles. The minimum absolute atomic E-state index is 0.464. The Morgan fingerprint density at radius 3 is 2.86 bits per heavy atom. The summed E-state index contributed by atoms with van der Waals surface area (Å²) in [7, 11) is 1.66. The number of hydrogen-bond donors (Lipinski definition) is 0. The molecular formula is C17H14BrNO2. The summed E-state index contributed by atoms with van der Waals surface area (Å²) >= 11 is 3.54. The summed E-state index contributed by atoms with van der Waals surface area (Å²) < 4.78 is 12.2. The molecule has 0 aliphatic carbocycles. The van der Waals surface area contributed by atoms with Crippen molar-refractivity contribution >= 4 is 26.8 Å². The van der Waals surface area contributed by atoms with Crippen LogP contribution in [0.5, 0.6) is 11.5 Å². The SMILES string of the molecule is COc1ccc(Br)c(COc2cccc3ncccc23)c1. The van der Waals surface area contributed by atoms with Gasteiger partial charge in [0.25, 0.3) is 0 Å². The Morgan fingerprint density at radius 1 is 1.10 bits per heavy atom. The van der Waals surface area contributed by atoms with E-state index in [9.17, 15) is 0 Å². The van der Waals surface area contributed by atoms with Crippen LogP contribution in [-0.4, -0.2) is 12.1 Å². The van der Waals surface area contributed by atoms with Gasteiger partial charge in [-0.1, -0.05) is 22.0 Å². The van der Waals surface area contributed by atoms with Gasteiger partial charge in [0.15, 0.2) is 0 Å². The van der Waals surface area contributed by atoms with Gasteiger partial charge in [-0.05, 0) is 42.5 Å². The number of nitrogens with zero attached hydrogens (tertiary/aromatic N) is 1. The van der Waals surface area contributed by atoms with Crippen LogP contribution in [0.15, 0.2) is 59.2 Å². The fourth-order valence-electron chi connectivity index (χ4n) is 2.15. The monoisotopic (exact) mass is 343 g/mol. The summed E-state index contributed by atoms with van der Waals surface area (Å²) in [5.41, 5.74) is 1.97. The fourth-order valence-corrected chi connectivity index (χ4v) is 2.51. The van der Waals surface area contributed by atoms with Gasteiger partial charge in [-0.2, -0.15) is 0 Å². The average Bonchev–Trinajstić information content (AvgIpc) is 2.54. The molecule has 0 radical (unpaired) electrons. The topological polar surface area (TPSA) is 31.4 Å². The molecule has 0 saturated carbocycles. The Morgan fingerprint density at radius 2 is 2.00 bits per heavy atom. The van der Waals surface area contributed by atoms with Crippen LogP contribution in [0.25, 0.3) is 10.9 Å². The zero-order valence-corrected chi connectivity index (χ0v) is 13.1. The molecule has 3 aromatic rings. The number of hydrogen-bond acceptors (Lipinski definition) is 3. The first-order chi connectivity index (χ1) is 10.3. The van der Waals surface area contributed by atoms with Gasteiger partial charge >= 0.3 is 0 Å². The minimum atomic E-state index is 0.464. The third kappa shape index (κ3) is 3.00. The number of benzene rings is 2. The van der Waals surface area contributed by atoms with E-state index in [1.165, 1.54) is 0 Å². The van der Waals surface area contributed by atoms with Crippen LogP contribution in [0, 0.1) is 0 Å². The second kappa shape index (κ2) is 6.14. The molecule has 4 heteroatoms. The Hall–Kier alpha value is -2.07. The van der Waals surface area contributed by atoms with Gasteiger partial charge in [-0.3, -0.25) is 4.98 Å². The Kier molecular flexibility index (Phi) is 4.06. The first-order valence-electron chi connectivity index (χ1n) is 6.57. The second-order valence-electron chi connectivity index (χ2n) is 4.57. The molecule has 3 rings (SSSR count). The molecule has 0 spiro atoms. The van der Waals surface area contributed by atoms with Gasteiger partial charge in [0.1, 0.15) is 18.1 Å². The third-order valence-corrected chi connectivity index (χ3v) is 4.02. The van der Waals surface area contributed by atoms with Crippen LogP contribution >= 0.6 is 15.9 Å². The lowest BCUT2D eigenvalue weighted by Crippen LogP contribution is -1.98. The Bertz CT molecular complexity index is 768. The smallest absolute Gasteiger partial charge is 0.129 e. The van der Waals surface area contributed by atoms with Crippen molar-refractivity contribution in [3.8, 4) is 11.5 Å². The summed E-state index contributed by atoms with van der Waals surface area (Å²) in [5.74, 6) is 1.65. The maximum absolute atomic E-state index is 5.96. The van der Waals surface area contributed by atoms with Gasteiger partial charge in [-0.25, -0.2) is 0 Å². The van der Waals surface area contributed by atoms with Crippen LogP contribution in [0.1, 0.15) is 5.56 Å². The normalized spacial score (nSPS) is 10.6. The molecule has 3 nitrogen and oxygen atoms in total. The quantitative estimate of drug-likeness (QED) is 0.694. The molecule has 21 heavy (non-hydrogen) atoms. The van der Waals surface area contributed by atoms with E-state index in [2.05, 4.69) is 20.9 Å². The molecule has 106 valence electrons. The lowest BCUT2D eigenvalue weighted by atomic mass is 10.2. The highest BCUT2D eigenvalue weighted by molar-refractivity contribution is 9.10. The Labute approximate surface area is 131 Å². The highest BCUT2D eigenvalue weighted by Gasteiger charge is 2.06. The number of pyridine rings is 1. The molecule has 0 atom stereocenters. The predicted octanol–water partition coefficient (Wildman–Crippen LogP) is 4.58. The summed E-state index contributed by atoms with van der Waals surface area (Å²) in [6.45, 7) is 0.464. The van der Waals surface area contributed by atoms with E-state index in [0.717, 1.165) is 32.4 Å². The van der Waals surface area contributed by atoms with E-state index in [1.807, 2.05) is 48.5 Å². The van der Waals surface area contributed by atoms with E-state index in [0.29, 0.717) is 6.61 Å². The van der Waals surface area contributed by atoms with Crippen molar-refractivity contribution in [2.75, 3.05) is 7.11 Å². The zero-order valence-electron chi connectivity index (χ0n) is 11.5. The molecule has 0 bridgehead atoms.